The summed E-state index contributed by atoms with van der Waals surface area (Å²) in [7, 11) is 1.76. The largest absolute Gasteiger partial charge is 0.345 e. The molecule has 0 unspecified atom stereocenters. The second kappa shape index (κ2) is 8.45. The third-order valence-corrected chi connectivity index (χ3v) is 3.51. The molecule has 116 valence electrons. The van der Waals surface area contributed by atoms with Crippen molar-refractivity contribution in [3.8, 4) is 0 Å². The first-order valence-corrected chi connectivity index (χ1v) is 7.60. The molecule has 0 aliphatic heterocycles. The van der Waals surface area contributed by atoms with Gasteiger partial charge in [0.15, 0.2) is 0 Å². The van der Waals surface area contributed by atoms with Gasteiger partial charge in [0, 0.05) is 25.8 Å². The van der Waals surface area contributed by atoms with E-state index < -0.39 is 0 Å². The van der Waals surface area contributed by atoms with Crippen LogP contribution in [0.2, 0.25) is 0 Å². The van der Waals surface area contributed by atoms with E-state index in [1.54, 1.807) is 16.8 Å². The maximum absolute atomic E-state index is 12.4. The predicted molar refractivity (Wildman–Crippen MR) is 86.4 cm³/mol. The molecule has 0 atom stereocenters. The van der Waals surface area contributed by atoms with E-state index in [0.29, 0.717) is 13.1 Å². The second-order valence-corrected chi connectivity index (χ2v) is 5.32. The van der Waals surface area contributed by atoms with Crippen LogP contribution in [0.4, 0.5) is 5.69 Å². The van der Waals surface area contributed by atoms with Crippen molar-refractivity contribution >= 4 is 17.5 Å². The number of benzene rings is 1. The van der Waals surface area contributed by atoms with Gasteiger partial charge in [-0.2, -0.15) is 0 Å². The van der Waals surface area contributed by atoms with Gasteiger partial charge in [-0.25, -0.2) is 0 Å². The zero-order valence-corrected chi connectivity index (χ0v) is 13.6. The van der Waals surface area contributed by atoms with E-state index in [2.05, 4.69) is 6.92 Å². The Balaban J connectivity index is 2.69. The van der Waals surface area contributed by atoms with Crippen molar-refractivity contribution in [2.24, 2.45) is 0 Å². The van der Waals surface area contributed by atoms with Gasteiger partial charge in [0.05, 0.1) is 0 Å². The minimum atomic E-state index is -0.142. The molecule has 1 rings (SSSR count). The van der Waals surface area contributed by atoms with Crippen LogP contribution in [-0.2, 0) is 9.59 Å². The van der Waals surface area contributed by atoms with Crippen LogP contribution in [0.15, 0.2) is 24.3 Å². The molecular weight excluding hydrogens is 264 g/mol. The number of carbonyl (C=O) groups excluding carboxylic acids is 2. The normalized spacial score (nSPS) is 10.3. The first kappa shape index (κ1) is 17.2. The number of carbonyl (C=O) groups is 2. The summed E-state index contributed by atoms with van der Waals surface area (Å²) < 4.78 is 0. The molecule has 21 heavy (non-hydrogen) atoms. The Bertz CT molecular complexity index is 485. The van der Waals surface area contributed by atoms with Crippen LogP contribution in [0, 0.1) is 6.92 Å². The second-order valence-electron chi connectivity index (χ2n) is 5.32. The van der Waals surface area contributed by atoms with Crippen LogP contribution in [-0.4, -0.2) is 36.9 Å². The van der Waals surface area contributed by atoms with Gasteiger partial charge in [0.25, 0.3) is 0 Å². The van der Waals surface area contributed by atoms with Crippen molar-refractivity contribution in [1.82, 2.24) is 4.90 Å². The molecule has 4 nitrogen and oxygen atoms in total. The summed E-state index contributed by atoms with van der Waals surface area (Å²) in [5.41, 5.74) is 1.96. The van der Waals surface area contributed by atoms with Gasteiger partial charge in [-0.1, -0.05) is 25.5 Å². The van der Waals surface area contributed by atoms with Crippen molar-refractivity contribution in [3.63, 3.8) is 0 Å². The van der Waals surface area contributed by atoms with Crippen LogP contribution in [0.1, 0.15) is 38.7 Å². The summed E-state index contributed by atoms with van der Waals surface area (Å²) in [5, 5.41) is 0. The lowest BCUT2D eigenvalue weighted by atomic mass is 10.2. The lowest BCUT2D eigenvalue weighted by molar-refractivity contribution is -0.134. The summed E-state index contributed by atoms with van der Waals surface area (Å²) in [6, 6.07) is 7.79. The first-order valence-electron chi connectivity index (χ1n) is 7.60. The maximum atomic E-state index is 12.4. The van der Waals surface area contributed by atoms with E-state index in [9.17, 15) is 9.59 Å². The molecule has 0 saturated carbocycles. The van der Waals surface area contributed by atoms with Crippen LogP contribution >= 0.6 is 0 Å². The Morgan fingerprint density at radius 2 is 1.86 bits per heavy atom. The minimum absolute atomic E-state index is 0.0675. The molecule has 1 aromatic rings. The number of anilines is 1. The topological polar surface area (TPSA) is 40.6 Å². The molecule has 0 spiro atoms. The first-order chi connectivity index (χ1) is 9.99. The number of hydrogen-bond acceptors (Lipinski definition) is 2. The van der Waals surface area contributed by atoms with Gasteiger partial charge in [-0.05, 0) is 38.0 Å². The van der Waals surface area contributed by atoms with E-state index in [0.717, 1.165) is 24.1 Å². The third-order valence-electron chi connectivity index (χ3n) is 3.51. The van der Waals surface area contributed by atoms with Crippen molar-refractivity contribution in [3.05, 3.63) is 29.8 Å². The number of aryl methyl sites for hydroxylation is 1. The van der Waals surface area contributed by atoms with Crippen molar-refractivity contribution in [2.45, 2.75) is 40.0 Å². The predicted octanol–water partition coefficient (Wildman–Crippen LogP) is 3.00. The number of unbranched alkanes of at least 4 members (excludes halogenated alkanes) is 1. The summed E-state index contributed by atoms with van der Waals surface area (Å²) in [6.45, 7) is 7.27. The van der Waals surface area contributed by atoms with E-state index in [1.807, 2.05) is 38.1 Å². The molecule has 2 amide bonds. The monoisotopic (exact) mass is 290 g/mol. The van der Waals surface area contributed by atoms with E-state index in [1.165, 1.54) is 0 Å². The third kappa shape index (κ3) is 5.21. The number of nitrogens with zero attached hydrogens (tertiary/aromatic N) is 2. The Morgan fingerprint density at radius 1 is 1.14 bits per heavy atom. The smallest absolute Gasteiger partial charge is 0.236 e. The molecule has 0 heterocycles. The SMILES string of the molecule is CCCCN(C)C(=O)CC(=O)N(CC)c1cccc(C)c1. The van der Waals surface area contributed by atoms with Gasteiger partial charge >= 0.3 is 0 Å². The van der Waals surface area contributed by atoms with Gasteiger partial charge in [-0.15, -0.1) is 0 Å². The highest BCUT2D eigenvalue weighted by molar-refractivity contribution is 6.04. The summed E-state index contributed by atoms with van der Waals surface area (Å²) in [4.78, 5) is 27.7. The van der Waals surface area contributed by atoms with E-state index in [4.69, 9.17) is 0 Å². The molecule has 0 fully saturated rings. The Hall–Kier alpha value is -1.84. The fourth-order valence-electron chi connectivity index (χ4n) is 2.18. The van der Waals surface area contributed by atoms with Crippen molar-refractivity contribution in [2.75, 3.05) is 25.0 Å². The van der Waals surface area contributed by atoms with Gasteiger partial charge in [-0.3, -0.25) is 9.59 Å². The number of rotatable bonds is 7. The highest BCUT2D eigenvalue weighted by Crippen LogP contribution is 2.17. The number of hydrogen-bond donors (Lipinski definition) is 0. The molecule has 4 heteroatoms. The van der Waals surface area contributed by atoms with Gasteiger partial charge in [0.2, 0.25) is 11.8 Å². The molecule has 0 aromatic heterocycles. The molecule has 0 radical (unpaired) electrons. The fraction of sp³-hybridized carbons (Fsp3) is 0.529. The van der Waals surface area contributed by atoms with Gasteiger partial charge < -0.3 is 9.80 Å². The van der Waals surface area contributed by atoms with Crippen LogP contribution in [0.5, 0.6) is 0 Å². The average Bonchev–Trinajstić information content (AvgIpc) is 2.45. The maximum Gasteiger partial charge on any atom is 0.236 e. The molecule has 0 saturated heterocycles. The van der Waals surface area contributed by atoms with Crippen molar-refractivity contribution < 1.29 is 9.59 Å². The summed E-state index contributed by atoms with van der Waals surface area (Å²) >= 11 is 0. The molecule has 0 aliphatic carbocycles. The highest BCUT2D eigenvalue weighted by atomic mass is 16.2. The van der Waals surface area contributed by atoms with Crippen LogP contribution < -0.4 is 4.90 Å². The Kier molecular flexibility index (Phi) is 6.92. The van der Waals surface area contributed by atoms with Gasteiger partial charge in [0.1, 0.15) is 6.42 Å². The average molecular weight is 290 g/mol. The Labute approximate surface area is 127 Å². The molecular formula is C17H26N2O2. The quantitative estimate of drug-likeness (QED) is 0.724. The highest BCUT2D eigenvalue weighted by Gasteiger charge is 2.19. The zero-order valence-electron chi connectivity index (χ0n) is 13.6. The van der Waals surface area contributed by atoms with Crippen LogP contribution in [0.25, 0.3) is 0 Å². The van der Waals surface area contributed by atoms with E-state index >= 15 is 0 Å². The molecule has 0 bridgehead atoms. The molecule has 0 N–H and O–H groups in total. The summed E-state index contributed by atoms with van der Waals surface area (Å²) in [6.07, 6.45) is 1.93. The van der Waals surface area contributed by atoms with E-state index in [-0.39, 0.29) is 18.2 Å². The fourth-order valence-corrected chi connectivity index (χ4v) is 2.18. The van der Waals surface area contributed by atoms with Crippen LogP contribution in [0.3, 0.4) is 0 Å². The lowest BCUT2D eigenvalue weighted by Gasteiger charge is -2.23. The summed E-state index contributed by atoms with van der Waals surface area (Å²) in [5.74, 6) is -0.254. The minimum Gasteiger partial charge on any atom is -0.345 e. The zero-order chi connectivity index (χ0) is 15.8. The standard InChI is InChI=1S/C17H26N2O2/c1-5-7-11-18(4)16(20)13-17(21)19(6-2)15-10-8-9-14(3)12-15/h8-10,12H,5-7,11,13H2,1-4H3. The molecule has 1 aromatic carbocycles. The molecule has 0 aliphatic rings. The number of amides is 2. The van der Waals surface area contributed by atoms with Crippen molar-refractivity contribution in [1.29, 1.82) is 0 Å². The Morgan fingerprint density at radius 3 is 2.43 bits per heavy atom. The lowest BCUT2D eigenvalue weighted by Crippen LogP contribution is -2.36.